The molecule has 3 atom stereocenters. The molecule has 0 aliphatic heterocycles. The van der Waals surface area contributed by atoms with Crippen molar-refractivity contribution in [1.29, 1.82) is 0 Å². The minimum Gasteiger partial charge on any atom is -0.395 e. The molecule has 2 unspecified atom stereocenters. The van der Waals surface area contributed by atoms with E-state index >= 15 is 0 Å². The summed E-state index contributed by atoms with van der Waals surface area (Å²) in [6, 6.07) is 0.899. The van der Waals surface area contributed by atoms with Crippen molar-refractivity contribution < 1.29 is 5.11 Å². The van der Waals surface area contributed by atoms with E-state index in [2.05, 4.69) is 12.2 Å². The van der Waals surface area contributed by atoms with Crippen molar-refractivity contribution in [3.05, 3.63) is 0 Å². The predicted molar refractivity (Wildman–Crippen MR) is 51.1 cm³/mol. The van der Waals surface area contributed by atoms with E-state index in [1.54, 1.807) is 0 Å². The maximum absolute atomic E-state index is 8.89. The van der Waals surface area contributed by atoms with Crippen LogP contribution in [0, 0.1) is 5.92 Å². The number of aliphatic hydroxyl groups is 1. The van der Waals surface area contributed by atoms with E-state index in [0.29, 0.717) is 6.04 Å². The zero-order valence-electron chi connectivity index (χ0n) is 8.21. The monoisotopic (exact) mass is 171 g/mol. The Morgan fingerprint density at radius 2 is 2.08 bits per heavy atom. The highest BCUT2D eigenvalue weighted by atomic mass is 16.3. The Morgan fingerprint density at radius 1 is 1.42 bits per heavy atom. The van der Waals surface area contributed by atoms with Crippen molar-refractivity contribution in [2.75, 3.05) is 6.61 Å². The van der Waals surface area contributed by atoms with Crippen LogP contribution in [0.5, 0.6) is 0 Å². The normalized spacial score (nSPS) is 33.2. The maximum atomic E-state index is 8.89. The van der Waals surface area contributed by atoms with Crippen molar-refractivity contribution in [3.63, 3.8) is 0 Å². The van der Waals surface area contributed by atoms with Gasteiger partial charge in [-0.15, -0.1) is 0 Å². The van der Waals surface area contributed by atoms with E-state index in [-0.39, 0.29) is 12.6 Å². The topological polar surface area (TPSA) is 32.3 Å². The SMILES string of the molecule is CC1CCCCC1N[C@@H](C)CO. The average molecular weight is 171 g/mol. The molecule has 1 rings (SSSR count). The Hall–Kier alpha value is -0.0800. The summed E-state index contributed by atoms with van der Waals surface area (Å²) in [6.07, 6.45) is 5.36. The molecule has 2 heteroatoms. The lowest BCUT2D eigenvalue weighted by Crippen LogP contribution is -2.43. The Labute approximate surface area is 75.4 Å². The molecule has 1 saturated carbocycles. The molecule has 72 valence electrons. The Kier molecular flexibility index (Phi) is 4.02. The molecule has 1 aliphatic rings. The first-order chi connectivity index (χ1) is 5.74. The molecule has 1 aliphatic carbocycles. The first-order valence-corrected chi connectivity index (χ1v) is 5.11. The highest BCUT2D eigenvalue weighted by Crippen LogP contribution is 2.23. The number of rotatable bonds is 3. The molecule has 0 spiro atoms. The van der Waals surface area contributed by atoms with Crippen LogP contribution in [0.3, 0.4) is 0 Å². The van der Waals surface area contributed by atoms with Gasteiger partial charge in [-0.2, -0.15) is 0 Å². The molecule has 0 radical (unpaired) electrons. The van der Waals surface area contributed by atoms with Crippen LogP contribution in [0.4, 0.5) is 0 Å². The van der Waals surface area contributed by atoms with Gasteiger partial charge in [-0.3, -0.25) is 0 Å². The largest absolute Gasteiger partial charge is 0.395 e. The summed E-state index contributed by atoms with van der Waals surface area (Å²) in [4.78, 5) is 0. The smallest absolute Gasteiger partial charge is 0.0582 e. The lowest BCUT2D eigenvalue weighted by molar-refractivity contribution is 0.204. The van der Waals surface area contributed by atoms with Crippen molar-refractivity contribution in [2.45, 2.75) is 51.6 Å². The second-order valence-corrected chi connectivity index (χ2v) is 4.12. The van der Waals surface area contributed by atoms with Crippen LogP contribution in [0.1, 0.15) is 39.5 Å². The summed E-state index contributed by atoms with van der Waals surface area (Å²) in [5.74, 6) is 0.785. The third-order valence-electron chi connectivity index (χ3n) is 2.88. The van der Waals surface area contributed by atoms with Gasteiger partial charge >= 0.3 is 0 Å². The van der Waals surface area contributed by atoms with Gasteiger partial charge in [0.05, 0.1) is 6.61 Å². The summed E-state index contributed by atoms with van der Waals surface area (Å²) in [5.41, 5.74) is 0. The molecule has 0 amide bonds. The molecule has 0 bridgehead atoms. The van der Waals surface area contributed by atoms with E-state index in [1.807, 2.05) is 6.92 Å². The molecular formula is C10H21NO. The summed E-state index contributed by atoms with van der Waals surface area (Å²) in [7, 11) is 0. The highest BCUT2D eigenvalue weighted by Gasteiger charge is 2.21. The number of nitrogens with one attached hydrogen (secondary N) is 1. The standard InChI is InChI=1S/C10H21NO/c1-8-5-3-4-6-10(8)11-9(2)7-12/h8-12H,3-7H2,1-2H3/t8?,9-,10?/m0/s1. The second-order valence-electron chi connectivity index (χ2n) is 4.12. The summed E-state index contributed by atoms with van der Waals surface area (Å²) >= 11 is 0. The van der Waals surface area contributed by atoms with Crippen LogP contribution in [0.25, 0.3) is 0 Å². The fraction of sp³-hybridized carbons (Fsp3) is 1.00. The van der Waals surface area contributed by atoms with Gasteiger partial charge in [-0.25, -0.2) is 0 Å². The summed E-state index contributed by atoms with van der Waals surface area (Å²) in [5, 5.41) is 12.4. The third-order valence-corrected chi connectivity index (χ3v) is 2.88. The zero-order chi connectivity index (χ0) is 8.97. The minimum atomic E-state index is 0.253. The fourth-order valence-corrected chi connectivity index (χ4v) is 1.98. The number of hydrogen-bond acceptors (Lipinski definition) is 2. The van der Waals surface area contributed by atoms with Crippen molar-refractivity contribution in [2.24, 2.45) is 5.92 Å². The second kappa shape index (κ2) is 4.83. The predicted octanol–water partition coefficient (Wildman–Crippen LogP) is 1.54. The molecule has 1 fully saturated rings. The number of aliphatic hydroxyl groups excluding tert-OH is 1. The average Bonchev–Trinajstić information content (AvgIpc) is 2.09. The Morgan fingerprint density at radius 3 is 2.67 bits per heavy atom. The summed E-state index contributed by atoms with van der Waals surface area (Å²) < 4.78 is 0. The quantitative estimate of drug-likeness (QED) is 0.675. The summed E-state index contributed by atoms with van der Waals surface area (Å²) in [6.45, 7) is 4.60. The molecule has 2 N–H and O–H groups in total. The van der Waals surface area contributed by atoms with Crippen LogP contribution in [-0.4, -0.2) is 23.8 Å². The van der Waals surface area contributed by atoms with Gasteiger partial charge in [0.1, 0.15) is 0 Å². The molecule has 0 heterocycles. The van der Waals surface area contributed by atoms with E-state index in [9.17, 15) is 0 Å². The van der Waals surface area contributed by atoms with E-state index in [0.717, 1.165) is 5.92 Å². The maximum Gasteiger partial charge on any atom is 0.0582 e. The molecular weight excluding hydrogens is 150 g/mol. The third kappa shape index (κ3) is 2.76. The van der Waals surface area contributed by atoms with Crippen molar-refractivity contribution >= 4 is 0 Å². The highest BCUT2D eigenvalue weighted by molar-refractivity contribution is 4.79. The Balaban J connectivity index is 2.28. The van der Waals surface area contributed by atoms with Gasteiger partial charge in [0, 0.05) is 12.1 Å². The zero-order valence-corrected chi connectivity index (χ0v) is 8.21. The van der Waals surface area contributed by atoms with Crippen molar-refractivity contribution in [1.82, 2.24) is 5.32 Å². The van der Waals surface area contributed by atoms with Crippen LogP contribution < -0.4 is 5.32 Å². The van der Waals surface area contributed by atoms with Crippen LogP contribution in [-0.2, 0) is 0 Å². The lowest BCUT2D eigenvalue weighted by Gasteiger charge is -2.31. The van der Waals surface area contributed by atoms with Gasteiger partial charge in [0.25, 0.3) is 0 Å². The van der Waals surface area contributed by atoms with Gasteiger partial charge < -0.3 is 10.4 Å². The molecule has 2 nitrogen and oxygen atoms in total. The fourth-order valence-electron chi connectivity index (χ4n) is 1.98. The van der Waals surface area contributed by atoms with Crippen LogP contribution in [0.15, 0.2) is 0 Å². The van der Waals surface area contributed by atoms with E-state index in [1.165, 1.54) is 25.7 Å². The first-order valence-electron chi connectivity index (χ1n) is 5.11. The Bertz CT molecular complexity index is 127. The van der Waals surface area contributed by atoms with E-state index < -0.39 is 0 Å². The molecule has 0 saturated heterocycles. The lowest BCUT2D eigenvalue weighted by atomic mass is 9.85. The van der Waals surface area contributed by atoms with E-state index in [4.69, 9.17) is 5.11 Å². The molecule has 0 aromatic carbocycles. The van der Waals surface area contributed by atoms with Crippen LogP contribution in [0.2, 0.25) is 0 Å². The van der Waals surface area contributed by atoms with Crippen LogP contribution >= 0.6 is 0 Å². The van der Waals surface area contributed by atoms with Gasteiger partial charge in [0.15, 0.2) is 0 Å². The van der Waals surface area contributed by atoms with Crippen molar-refractivity contribution in [3.8, 4) is 0 Å². The molecule has 0 aromatic rings. The minimum absolute atomic E-state index is 0.253. The number of hydrogen-bond donors (Lipinski definition) is 2. The van der Waals surface area contributed by atoms with Gasteiger partial charge in [-0.05, 0) is 25.7 Å². The molecule has 12 heavy (non-hydrogen) atoms. The molecule has 0 aromatic heterocycles. The van der Waals surface area contributed by atoms with Gasteiger partial charge in [-0.1, -0.05) is 19.8 Å². The first kappa shape index (κ1) is 10.0. The van der Waals surface area contributed by atoms with Gasteiger partial charge in [0.2, 0.25) is 0 Å².